The summed E-state index contributed by atoms with van der Waals surface area (Å²) < 4.78 is 68.2. The summed E-state index contributed by atoms with van der Waals surface area (Å²) in [5.74, 6) is 0. The Morgan fingerprint density at radius 2 is 1.44 bits per heavy atom. The molecule has 0 spiro atoms. The van der Waals surface area contributed by atoms with Gasteiger partial charge in [0.2, 0.25) is 9.04 Å². The first-order valence-electron chi connectivity index (χ1n) is 9.34. The fourth-order valence-electron chi connectivity index (χ4n) is 4.09. The van der Waals surface area contributed by atoms with Gasteiger partial charge >= 0.3 is 15.6 Å². The van der Waals surface area contributed by atoms with Gasteiger partial charge in [-0.05, 0) is 16.5 Å². The normalized spacial score (nSPS) is 16.2. The average Bonchev–Trinajstić information content (AvgIpc) is 2.61. The van der Waals surface area contributed by atoms with E-state index in [9.17, 15) is 21.6 Å². The quantitative estimate of drug-likeness (QED) is 0.377. The summed E-state index contributed by atoms with van der Waals surface area (Å²) in [4.78, 5) is 0. The van der Waals surface area contributed by atoms with E-state index < -0.39 is 29.7 Å². The van der Waals surface area contributed by atoms with Crippen LogP contribution in [0.15, 0.2) is 30.3 Å². The van der Waals surface area contributed by atoms with E-state index in [4.69, 9.17) is 3.87 Å². The first-order chi connectivity index (χ1) is 12.3. The van der Waals surface area contributed by atoms with Gasteiger partial charge in [-0.25, -0.2) is 0 Å². The molecule has 0 saturated heterocycles. The van der Waals surface area contributed by atoms with Crippen molar-refractivity contribution < 1.29 is 25.5 Å². The van der Waals surface area contributed by atoms with Crippen molar-refractivity contribution in [2.75, 3.05) is 0 Å². The van der Waals surface area contributed by atoms with Gasteiger partial charge in [-0.15, -0.1) is 0 Å². The van der Waals surface area contributed by atoms with Gasteiger partial charge in [0.25, 0.3) is 0 Å². The number of alkyl halides is 3. The van der Waals surface area contributed by atoms with Crippen molar-refractivity contribution in [1.29, 1.82) is 0 Å². The Hall–Kier alpha value is -0.863. The summed E-state index contributed by atoms with van der Waals surface area (Å²) in [6, 6.07) is 9.07. The minimum atomic E-state index is -5.66. The SMILES string of the molecule is CCC(CC)(CC)C(C)[SiH](OS(=O)(=O)C(F)(F)F)C(C)(C)c1ccccc1. The molecule has 2 atom stereocenters. The molecule has 0 aliphatic rings. The lowest BCUT2D eigenvalue weighted by atomic mass is 9.77. The Bertz CT molecular complexity index is 690. The molecule has 0 amide bonds. The van der Waals surface area contributed by atoms with Crippen LogP contribution in [0.5, 0.6) is 0 Å². The standard InChI is InChI=1S/C19H31F3O3SSi/c1-7-18(8-2,9-3)15(4)27(25-26(23,24)19(20,21)22)17(5,6)16-13-11-10-12-14-16/h10-15,27H,7-9H2,1-6H3. The highest BCUT2D eigenvalue weighted by Gasteiger charge is 2.54. The van der Waals surface area contributed by atoms with E-state index in [2.05, 4.69) is 0 Å². The molecule has 0 aromatic heterocycles. The zero-order valence-electron chi connectivity index (χ0n) is 16.9. The average molecular weight is 425 g/mol. The Morgan fingerprint density at radius 1 is 1.00 bits per heavy atom. The van der Waals surface area contributed by atoms with Gasteiger partial charge in [0.1, 0.15) is 0 Å². The summed E-state index contributed by atoms with van der Waals surface area (Å²) in [5, 5.41) is -0.802. The maximum atomic E-state index is 13.1. The Balaban J connectivity index is 3.54. The van der Waals surface area contributed by atoms with Crippen molar-refractivity contribution in [1.82, 2.24) is 0 Å². The third-order valence-corrected chi connectivity index (χ3v) is 12.1. The molecule has 3 nitrogen and oxygen atoms in total. The van der Waals surface area contributed by atoms with Crippen molar-refractivity contribution in [3.05, 3.63) is 35.9 Å². The van der Waals surface area contributed by atoms with E-state index in [-0.39, 0.29) is 11.0 Å². The number of hydrogen-bond acceptors (Lipinski definition) is 3. The fraction of sp³-hybridized carbons (Fsp3) is 0.684. The Morgan fingerprint density at radius 3 is 1.81 bits per heavy atom. The monoisotopic (exact) mass is 424 g/mol. The van der Waals surface area contributed by atoms with Crippen molar-refractivity contribution in [2.45, 2.75) is 76.9 Å². The highest BCUT2D eigenvalue weighted by Crippen LogP contribution is 2.49. The molecule has 0 heterocycles. The largest absolute Gasteiger partial charge is 0.522 e. The first kappa shape index (κ1) is 24.2. The van der Waals surface area contributed by atoms with Gasteiger partial charge < -0.3 is 3.87 Å². The molecule has 0 bridgehead atoms. The van der Waals surface area contributed by atoms with Crippen molar-refractivity contribution in [3.8, 4) is 0 Å². The smallest absolute Gasteiger partial charge is 0.311 e. The summed E-state index contributed by atoms with van der Waals surface area (Å²) in [6.07, 6.45) is 2.26. The zero-order valence-corrected chi connectivity index (χ0v) is 18.9. The molecule has 2 unspecified atom stereocenters. The van der Waals surface area contributed by atoms with Gasteiger partial charge in [0.15, 0.2) is 0 Å². The maximum absolute atomic E-state index is 13.1. The summed E-state index contributed by atoms with van der Waals surface area (Å²) in [6.45, 7) is 11.5. The molecule has 27 heavy (non-hydrogen) atoms. The Labute approximate surface area is 163 Å². The lowest BCUT2D eigenvalue weighted by Crippen LogP contribution is -2.51. The van der Waals surface area contributed by atoms with Crippen LogP contribution in [0.25, 0.3) is 0 Å². The molecule has 156 valence electrons. The van der Waals surface area contributed by atoms with Gasteiger partial charge in [-0.1, -0.05) is 91.1 Å². The molecular formula is C19H31F3O3SSi. The molecule has 0 fully saturated rings. The molecule has 0 N–H and O–H groups in total. The molecule has 0 saturated carbocycles. The third kappa shape index (κ3) is 4.95. The zero-order chi connectivity index (χ0) is 21.1. The van der Waals surface area contributed by atoms with Crippen molar-refractivity contribution in [3.63, 3.8) is 0 Å². The van der Waals surface area contributed by atoms with Crippen LogP contribution in [-0.2, 0) is 19.0 Å². The van der Waals surface area contributed by atoms with E-state index >= 15 is 0 Å². The summed E-state index contributed by atoms with van der Waals surface area (Å²) in [5.41, 5.74) is -5.16. The number of benzene rings is 1. The molecule has 0 aliphatic carbocycles. The second-order valence-electron chi connectivity index (χ2n) is 7.72. The van der Waals surface area contributed by atoms with Gasteiger partial charge in [-0.3, -0.25) is 0 Å². The Kier molecular flexibility index (Phi) is 7.75. The second kappa shape index (κ2) is 8.65. The molecule has 1 aromatic carbocycles. The highest BCUT2D eigenvalue weighted by molar-refractivity contribution is 7.88. The number of halogens is 3. The van der Waals surface area contributed by atoms with Crippen LogP contribution in [0, 0.1) is 5.41 Å². The minimum Gasteiger partial charge on any atom is -0.311 e. The van der Waals surface area contributed by atoms with Crippen LogP contribution < -0.4 is 0 Å². The molecular weight excluding hydrogens is 393 g/mol. The van der Waals surface area contributed by atoms with E-state index in [0.29, 0.717) is 0 Å². The summed E-state index contributed by atoms with van der Waals surface area (Å²) >= 11 is 0. The van der Waals surface area contributed by atoms with Gasteiger partial charge in [0.05, 0.1) is 0 Å². The molecule has 0 aliphatic heterocycles. The predicted molar refractivity (Wildman–Crippen MR) is 105 cm³/mol. The number of rotatable bonds is 9. The fourth-order valence-corrected chi connectivity index (χ4v) is 10.4. The highest BCUT2D eigenvalue weighted by atomic mass is 32.2. The van der Waals surface area contributed by atoms with Crippen LogP contribution in [0.4, 0.5) is 13.2 Å². The maximum Gasteiger partial charge on any atom is 0.522 e. The predicted octanol–water partition coefficient (Wildman–Crippen LogP) is 5.70. The van der Waals surface area contributed by atoms with Crippen LogP contribution in [-0.4, -0.2) is 23.0 Å². The lowest BCUT2D eigenvalue weighted by Gasteiger charge is -2.45. The van der Waals surface area contributed by atoms with Crippen molar-refractivity contribution in [2.24, 2.45) is 5.41 Å². The van der Waals surface area contributed by atoms with Crippen LogP contribution in [0.2, 0.25) is 5.54 Å². The number of hydrogen-bond donors (Lipinski definition) is 0. The molecule has 1 rings (SSSR count). The van der Waals surface area contributed by atoms with Crippen LogP contribution >= 0.6 is 0 Å². The van der Waals surface area contributed by atoms with Gasteiger partial charge in [0, 0.05) is 5.04 Å². The summed E-state index contributed by atoms with van der Waals surface area (Å²) in [7, 11) is -8.63. The second-order valence-corrected chi connectivity index (χ2v) is 13.1. The van der Waals surface area contributed by atoms with E-state index in [0.717, 1.165) is 24.8 Å². The van der Waals surface area contributed by atoms with Gasteiger partial charge in [-0.2, -0.15) is 21.6 Å². The first-order valence-corrected chi connectivity index (χ1v) is 12.5. The lowest BCUT2D eigenvalue weighted by molar-refractivity contribution is -0.0504. The minimum absolute atomic E-state index is 0.260. The van der Waals surface area contributed by atoms with E-state index in [1.54, 1.807) is 26.0 Å². The van der Waals surface area contributed by atoms with Crippen LogP contribution in [0.1, 0.15) is 66.4 Å². The van der Waals surface area contributed by atoms with Crippen molar-refractivity contribution >= 4 is 19.2 Å². The topological polar surface area (TPSA) is 43.4 Å². The van der Waals surface area contributed by atoms with Crippen LogP contribution in [0.3, 0.4) is 0 Å². The van der Waals surface area contributed by atoms with E-state index in [1.165, 1.54) is 0 Å². The molecule has 1 aromatic rings. The molecule has 0 radical (unpaired) electrons. The van der Waals surface area contributed by atoms with E-state index in [1.807, 2.05) is 45.9 Å². The molecule has 8 heteroatoms. The third-order valence-electron chi connectivity index (χ3n) is 6.28.